The maximum absolute atomic E-state index is 14.4. The second kappa shape index (κ2) is 10.6. The van der Waals surface area contributed by atoms with Gasteiger partial charge in [0, 0.05) is 38.9 Å². The van der Waals surface area contributed by atoms with Gasteiger partial charge in [-0.3, -0.25) is 18.9 Å². The first-order chi connectivity index (χ1) is 17.9. The van der Waals surface area contributed by atoms with Crippen LogP contribution in [0.15, 0.2) is 52.3 Å². The van der Waals surface area contributed by atoms with Crippen molar-refractivity contribution < 1.29 is 9.18 Å². The highest BCUT2D eigenvalue weighted by molar-refractivity contribution is 8.26. The molecule has 1 aromatic carbocycles. The number of fused-ring (bicyclic) bond motifs is 1. The van der Waals surface area contributed by atoms with Crippen LogP contribution < -0.4 is 15.4 Å². The number of rotatable bonds is 6. The van der Waals surface area contributed by atoms with E-state index in [1.807, 2.05) is 30.0 Å². The van der Waals surface area contributed by atoms with Crippen molar-refractivity contribution in [2.45, 2.75) is 26.7 Å². The van der Waals surface area contributed by atoms with Crippen LogP contribution >= 0.6 is 24.0 Å². The van der Waals surface area contributed by atoms with E-state index in [1.165, 1.54) is 22.2 Å². The average Bonchev–Trinajstić information content (AvgIpc) is 3.17. The van der Waals surface area contributed by atoms with Gasteiger partial charge in [0.2, 0.25) is 0 Å². The molecule has 0 saturated carbocycles. The standard InChI is InChI=1S/C27H28FN5O2S2/c1-3-4-11-33-26(35)22(37-27(33)36)17-19-24(29-23-18(2)8-7-12-32(23)25(19)34)31-15-13-30(14-16-31)21-10-6-5-9-20(21)28/h5-10,12,17H,3-4,11,13-16H2,1-2H3/b22-17+. The SMILES string of the molecule is CCCCN1C(=O)/C(=C\c2c(N3CCN(c4ccccc4F)CC3)nc3c(C)cccn3c2=O)SC1=S. The van der Waals surface area contributed by atoms with Crippen LogP contribution in [0, 0.1) is 12.7 Å². The first-order valence-electron chi connectivity index (χ1n) is 12.4. The second-order valence-electron chi connectivity index (χ2n) is 9.15. The molecule has 37 heavy (non-hydrogen) atoms. The molecule has 1 amide bonds. The molecule has 0 aliphatic carbocycles. The quantitative estimate of drug-likeness (QED) is 0.340. The van der Waals surface area contributed by atoms with Crippen LogP contribution in [0.2, 0.25) is 0 Å². The van der Waals surface area contributed by atoms with Crippen molar-refractivity contribution in [2.75, 3.05) is 42.5 Å². The summed E-state index contributed by atoms with van der Waals surface area (Å²) in [6, 6.07) is 10.5. The van der Waals surface area contributed by atoms with Gasteiger partial charge in [-0.05, 0) is 43.2 Å². The van der Waals surface area contributed by atoms with E-state index in [2.05, 4.69) is 11.8 Å². The highest BCUT2D eigenvalue weighted by Gasteiger charge is 2.33. The summed E-state index contributed by atoms with van der Waals surface area (Å²) in [7, 11) is 0. The number of carbonyl (C=O) groups excluding carboxylic acids is 1. The van der Waals surface area contributed by atoms with E-state index >= 15 is 0 Å². The predicted molar refractivity (Wildman–Crippen MR) is 152 cm³/mol. The zero-order valence-corrected chi connectivity index (χ0v) is 22.4. The molecule has 0 atom stereocenters. The number of carbonyl (C=O) groups is 1. The summed E-state index contributed by atoms with van der Waals surface area (Å²) in [6.07, 6.45) is 5.15. The minimum absolute atomic E-state index is 0.174. The van der Waals surface area contributed by atoms with Crippen molar-refractivity contribution in [1.82, 2.24) is 14.3 Å². The third kappa shape index (κ3) is 4.87. The maximum Gasteiger partial charge on any atom is 0.267 e. The summed E-state index contributed by atoms with van der Waals surface area (Å²) in [5, 5.41) is 0. The number of aromatic nitrogens is 2. The lowest BCUT2D eigenvalue weighted by Crippen LogP contribution is -2.47. The Hall–Kier alpha value is -3.24. The molecule has 0 bridgehead atoms. The number of aryl methyl sites for hydroxylation is 1. The third-order valence-corrected chi connectivity index (χ3v) is 8.10. The topological polar surface area (TPSA) is 61.2 Å². The van der Waals surface area contributed by atoms with E-state index < -0.39 is 0 Å². The van der Waals surface area contributed by atoms with E-state index in [9.17, 15) is 14.0 Å². The summed E-state index contributed by atoms with van der Waals surface area (Å²) in [6.45, 7) is 6.82. The van der Waals surface area contributed by atoms with Gasteiger partial charge < -0.3 is 9.80 Å². The fraction of sp³-hybridized carbons (Fsp3) is 0.333. The van der Waals surface area contributed by atoms with Crippen LogP contribution in [0.4, 0.5) is 15.9 Å². The Morgan fingerprint density at radius 2 is 1.81 bits per heavy atom. The number of nitrogens with zero attached hydrogens (tertiary/aromatic N) is 5. The lowest BCUT2D eigenvalue weighted by Gasteiger charge is -2.37. The molecule has 0 spiro atoms. The molecule has 192 valence electrons. The van der Waals surface area contributed by atoms with Gasteiger partial charge in [-0.25, -0.2) is 9.37 Å². The van der Waals surface area contributed by atoms with Crippen molar-refractivity contribution >= 4 is 57.4 Å². The molecule has 4 heterocycles. The Bertz CT molecular complexity index is 1460. The number of para-hydroxylation sites is 1. The number of piperazine rings is 1. The summed E-state index contributed by atoms with van der Waals surface area (Å²) in [5.74, 6) is 0.109. The molecule has 2 saturated heterocycles. The molecule has 10 heteroatoms. The van der Waals surface area contributed by atoms with Gasteiger partial charge in [0.1, 0.15) is 21.6 Å². The summed E-state index contributed by atoms with van der Waals surface area (Å²) >= 11 is 6.68. The number of hydrogen-bond acceptors (Lipinski definition) is 7. The maximum atomic E-state index is 14.4. The minimum Gasteiger partial charge on any atom is -0.366 e. The fourth-order valence-corrected chi connectivity index (χ4v) is 5.97. The van der Waals surface area contributed by atoms with Crippen molar-refractivity contribution in [3.63, 3.8) is 0 Å². The third-order valence-electron chi connectivity index (χ3n) is 6.72. The molecule has 2 fully saturated rings. The van der Waals surface area contributed by atoms with E-state index in [1.54, 1.807) is 29.3 Å². The Morgan fingerprint density at radius 1 is 1.08 bits per heavy atom. The van der Waals surface area contributed by atoms with Gasteiger partial charge in [-0.15, -0.1) is 0 Å². The normalized spacial score (nSPS) is 17.5. The predicted octanol–water partition coefficient (Wildman–Crippen LogP) is 4.47. The number of pyridine rings is 1. The number of unbranched alkanes of at least 4 members (excludes halogenated alkanes) is 1. The van der Waals surface area contributed by atoms with E-state index in [0.717, 1.165) is 18.4 Å². The van der Waals surface area contributed by atoms with Crippen molar-refractivity contribution in [3.8, 4) is 0 Å². The van der Waals surface area contributed by atoms with Crippen LogP contribution in [0.25, 0.3) is 11.7 Å². The van der Waals surface area contributed by atoms with Crippen molar-refractivity contribution in [1.29, 1.82) is 0 Å². The first-order valence-corrected chi connectivity index (χ1v) is 13.6. The van der Waals surface area contributed by atoms with Gasteiger partial charge >= 0.3 is 0 Å². The molecular weight excluding hydrogens is 509 g/mol. The number of thiocarbonyl (C=S) groups is 1. The van der Waals surface area contributed by atoms with E-state index in [4.69, 9.17) is 17.2 Å². The number of amides is 1. The Kier molecular flexibility index (Phi) is 7.30. The lowest BCUT2D eigenvalue weighted by atomic mass is 10.2. The van der Waals surface area contributed by atoms with Gasteiger partial charge in [-0.2, -0.15) is 0 Å². The van der Waals surface area contributed by atoms with Crippen LogP contribution in [-0.4, -0.2) is 57.2 Å². The molecular formula is C27H28FN5O2S2. The number of thioether (sulfide) groups is 1. The van der Waals surface area contributed by atoms with Crippen LogP contribution in [-0.2, 0) is 4.79 Å². The number of halogens is 1. The lowest BCUT2D eigenvalue weighted by molar-refractivity contribution is -0.122. The number of benzene rings is 1. The van der Waals surface area contributed by atoms with Crippen LogP contribution in [0.1, 0.15) is 30.9 Å². The fourth-order valence-electron chi connectivity index (χ4n) is 4.68. The van der Waals surface area contributed by atoms with Crippen LogP contribution in [0.5, 0.6) is 0 Å². The highest BCUT2D eigenvalue weighted by atomic mass is 32.2. The molecule has 2 aromatic heterocycles. The second-order valence-corrected chi connectivity index (χ2v) is 10.8. The van der Waals surface area contributed by atoms with E-state index in [-0.39, 0.29) is 17.3 Å². The number of hydrogen-bond donors (Lipinski definition) is 0. The van der Waals surface area contributed by atoms with Crippen molar-refractivity contribution in [2.24, 2.45) is 0 Å². The monoisotopic (exact) mass is 537 g/mol. The van der Waals surface area contributed by atoms with E-state index in [0.29, 0.717) is 64.7 Å². The van der Waals surface area contributed by atoms with Crippen LogP contribution in [0.3, 0.4) is 0 Å². The number of anilines is 2. The largest absolute Gasteiger partial charge is 0.366 e. The van der Waals surface area contributed by atoms with Crippen molar-refractivity contribution in [3.05, 3.63) is 74.8 Å². The van der Waals surface area contributed by atoms with Gasteiger partial charge in [-0.1, -0.05) is 55.5 Å². The Labute approximate surface area is 224 Å². The average molecular weight is 538 g/mol. The Balaban J connectivity index is 1.53. The minimum atomic E-state index is -0.251. The molecule has 0 radical (unpaired) electrons. The summed E-state index contributed by atoms with van der Waals surface area (Å²) in [4.78, 5) is 37.9. The van der Waals surface area contributed by atoms with Gasteiger partial charge in [0.15, 0.2) is 0 Å². The zero-order chi connectivity index (χ0) is 26.1. The Morgan fingerprint density at radius 3 is 2.54 bits per heavy atom. The van der Waals surface area contributed by atoms with Gasteiger partial charge in [0.05, 0.1) is 16.2 Å². The molecule has 2 aliphatic rings. The molecule has 3 aromatic rings. The summed E-state index contributed by atoms with van der Waals surface area (Å²) < 4.78 is 16.4. The molecule has 0 unspecified atom stereocenters. The van der Waals surface area contributed by atoms with Gasteiger partial charge in [0.25, 0.3) is 11.5 Å². The molecule has 2 aliphatic heterocycles. The zero-order valence-electron chi connectivity index (χ0n) is 20.8. The molecule has 0 N–H and O–H groups in total. The molecule has 7 nitrogen and oxygen atoms in total. The highest BCUT2D eigenvalue weighted by Crippen LogP contribution is 2.34. The summed E-state index contributed by atoms with van der Waals surface area (Å²) in [5.41, 5.74) is 2.15. The smallest absolute Gasteiger partial charge is 0.267 e. The molecule has 5 rings (SSSR count). The first kappa shape index (κ1) is 25.4.